The molecule has 0 aliphatic rings. The number of hydrogen-bond donors (Lipinski definition) is 2. The van der Waals surface area contributed by atoms with Crippen molar-refractivity contribution in [2.75, 3.05) is 0 Å². The molecule has 1 aromatic rings. The first kappa shape index (κ1) is 14.9. The minimum atomic E-state index is -3.66. The molecule has 0 saturated carbocycles. The van der Waals surface area contributed by atoms with Gasteiger partial charge in [0, 0.05) is 12.5 Å². The third-order valence-corrected chi connectivity index (χ3v) is 2.82. The Hall–Kier alpha value is -1.14. The lowest BCUT2D eigenvalue weighted by atomic mass is 9.84. The Morgan fingerprint density at radius 3 is 2.17 bits per heavy atom. The molecule has 0 unspecified atom stereocenters. The average Bonchev–Trinajstić information content (AvgIpc) is 2.26. The first-order valence-electron chi connectivity index (χ1n) is 5.32. The number of alkyl halides is 3. The summed E-state index contributed by atoms with van der Waals surface area (Å²) in [5, 5.41) is 9.21. The summed E-state index contributed by atoms with van der Waals surface area (Å²) in [6, 6.07) is 5.02. The lowest BCUT2D eigenvalue weighted by molar-refractivity contribution is -0.136. The molecule has 3 atom stereocenters. The predicted molar refractivity (Wildman–Crippen MR) is 59.5 cm³/mol. The molecule has 0 amide bonds. The smallest absolute Gasteiger partial charge is 0.273 e. The summed E-state index contributed by atoms with van der Waals surface area (Å²) in [7, 11) is 0. The molecule has 102 valence electrons. The predicted octanol–water partition coefficient (Wildman–Crippen LogP) is 2.35. The molecule has 0 bridgehead atoms. The van der Waals surface area contributed by atoms with Crippen molar-refractivity contribution in [3.8, 4) is 0 Å². The van der Waals surface area contributed by atoms with Crippen molar-refractivity contribution in [2.24, 2.45) is 5.73 Å². The summed E-state index contributed by atoms with van der Waals surface area (Å²) in [5.41, 5.74) is 3.26. The van der Waals surface area contributed by atoms with E-state index in [1.165, 1.54) is 18.2 Å². The molecule has 0 radical (unpaired) electrons. The van der Waals surface area contributed by atoms with E-state index in [0.29, 0.717) is 6.92 Å². The van der Waals surface area contributed by atoms with Crippen LogP contribution in [0.4, 0.5) is 17.6 Å². The lowest BCUT2D eigenvalue weighted by Gasteiger charge is -2.34. The molecule has 0 aliphatic carbocycles. The number of aliphatic hydroxyl groups excluding tert-OH is 1. The van der Waals surface area contributed by atoms with Crippen molar-refractivity contribution < 1.29 is 22.7 Å². The molecule has 0 aromatic heterocycles. The molecule has 1 rings (SSSR count). The quantitative estimate of drug-likeness (QED) is 0.821. The van der Waals surface area contributed by atoms with Crippen LogP contribution in [0.5, 0.6) is 0 Å². The summed E-state index contributed by atoms with van der Waals surface area (Å²) in [5.74, 6) is -4.47. The fraction of sp³-hybridized carbons (Fsp3) is 0.500. The molecule has 0 spiro atoms. The van der Waals surface area contributed by atoms with E-state index in [1.807, 2.05) is 0 Å². The molecule has 0 aliphatic heterocycles. The maximum Gasteiger partial charge on any atom is 0.273 e. The second-order valence-corrected chi connectivity index (χ2v) is 4.57. The molecule has 0 heterocycles. The van der Waals surface area contributed by atoms with E-state index in [9.17, 15) is 22.7 Å². The van der Waals surface area contributed by atoms with Gasteiger partial charge in [-0.25, -0.2) is 17.6 Å². The summed E-state index contributed by atoms with van der Waals surface area (Å²) < 4.78 is 53.2. The minimum absolute atomic E-state index is 0.263. The van der Waals surface area contributed by atoms with Crippen molar-refractivity contribution >= 4 is 0 Å². The Morgan fingerprint density at radius 2 is 1.72 bits per heavy atom. The first-order chi connectivity index (χ1) is 8.08. The molecule has 1 aromatic carbocycles. The van der Waals surface area contributed by atoms with Crippen LogP contribution in [0, 0.1) is 5.82 Å². The van der Waals surface area contributed by atoms with Gasteiger partial charge in [-0.05, 0) is 13.0 Å². The Labute approximate surface area is 102 Å². The molecule has 6 heteroatoms. The van der Waals surface area contributed by atoms with Gasteiger partial charge in [0.1, 0.15) is 5.82 Å². The van der Waals surface area contributed by atoms with Crippen LogP contribution in [0.2, 0.25) is 0 Å². The number of nitrogens with two attached hydrogens (primary N) is 1. The van der Waals surface area contributed by atoms with Gasteiger partial charge in [0.15, 0.2) is 12.3 Å². The molecule has 2 nitrogen and oxygen atoms in total. The Balaban J connectivity index is 3.11. The van der Waals surface area contributed by atoms with E-state index in [2.05, 4.69) is 0 Å². The largest absolute Gasteiger partial charge is 0.384 e. The summed E-state index contributed by atoms with van der Waals surface area (Å²) >= 11 is 0. The zero-order valence-corrected chi connectivity index (χ0v) is 10.0. The number of aliphatic hydroxyl groups is 1. The Kier molecular flexibility index (Phi) is 4.02. The Morgan fingerprint density at radius 1 is 1.22 bits per heavy atom. The normalized spacial score (nSPS) is 19.1. The lowest BCUT2D eigenvalue weighted by Crippen LogP contribution is -2.54. The minimum Gasteiger partial charge on any atom is -0.384 e. The van der Waals surface area contributed by atoms with Gasteiger partial charge < -0.3 is 10.8 Å². The molecular formula is C12H15F4NO. The van der Waals surface area contributed by atoms with Gasteiger partial charge in [-0.3, -0.25) is 0 Å². The van der Waals surface area contributed by atoms with Crippen LogP contribution in [0.25, 0.3) is 0 Å². The third kappa shape index (κ3) is 2.81. The fourth-order valence-corrected chi connectivity index (χ4v) is 1.63. The second kappa shape index (κ2) is 4.85. The SMILES string of the molecule is CC(F)(F)[C@@H](O)[C@H](F)[C@](C)(N)c1ccccc1F. The number of benzene rings is 1. The average molecular weight is 265 g/mol. The Bertz CT molecular complexity index is 417. The monoisotopic (exact) mass is 265 g/mol. The van der Waals surface area contributed by atoms with Crippen molar-refractivity contribution in [3.63, 3.8) is 0 Å². The standard InChI is InChI=1S/C12H15F4NO/c1-11(17,7-5-3-4-6-8(7)13)9(14)10(18)12(2,15)16/h3-6,9-10,18H,17H2,1-2H3/t9-,10-,11+/m0/s1. The highest BCUT2D eigenvalue weighted by atomic mass is 19.3. The van der Waals surface area contributed by atoms with Crippen molar-refractivity contribution in [1.29, 1.82) is 0 Å². The zero-order chi connectivity index (χ0) is 14.1. The van der Waals surface area contributed by atoms with Gasteiger partial charge in [-0.15, -0.1) is 0 Å². The highest BCUT2D eigenvalue weighted by Gasteiger charge is 2.47. The van der Waals surface area contributed by atoms with E-state index in [0.717, 1.165) is 13.0 Å². The maximum atomic E-state index is 13.9. The van der Waals surface area contributed by atoms with Crippen LogP contribution >= 0.6 is 0 Å². The third-order valence-electron chi connectivity index (χ3n) is 2.82. The molecule has 0 saturated heterocycles. The highest BCUT2D eigenvalue weighted by Crippen LogP contribution is 2.33. The summed E-state index contributed by atoms with van der Waals surface area (Å²) in [4.78, 5) is 0. The topological polar surface area (TPSA) is 46.2 Å². The first-order valence-corrected chi connectivity index (χ1v) is 5.32. The molecule has 3 N–H and O–H groups in total. The van der Waals surface area contributed by atoms with Crippen LogP contribution in [0.15, 0.2) is 24.3 Å². The van der Waals surface area contributed by atoms with Crippen LogP contribution < -0.4 is 5.73 Å². The van der Waals surface area contributed by atoms with Gasteiger partial charge in [-0.1, -0.05) is 18.2 Å². The van der Waals surface area contributed by atoms with Crippen molar-refractivity contribution in [3.05, 3.63) is 35.6 Å². The molecule has 0 fully saturated rings. The molecule has 18 heavy (non-hydrogen) atoms. The number of hydrogen-bond acceptors (Lipinski definition) is 2. The van der Waals surface area contributed by atoms with Crippen LogP contribution in [-0.2, 0) is 5.54 Å². The van der Waals surface area contributed by atoms with Gasteiger partial charge in [-0.2, -0.15) is 0 Å². The van der Waals surface area contributed by atoms with E-state index in [-0.39, 0.29) is 5.56 Å². The maximum absolute atomic E-state index is 13.9. The van der Waals surface area contributed by atoms with Gasteiger partial charge in [0.05, 0.1) is 5.54 Å². The van der Waals surface area contributed by atoms with Gasteiger partial charge in [0.25, 0.3) is 5.92 Å². The van der Waals surface area contributed by atoms with Crippen LogP contribution in [-0.4, -0.2) is 23.3 Å². The van der Waals surface area contributed by atoms with E-state index >= 15 is 0 Å². The number of halogens is 4. The van der Waals surface area contributed by atoms with E-state index in [4.69, 9.17) is 5.73 Å². The van der Waals surface area contributed by atoms with Crippen molar-refractivity contribution in [2.45, 2.75) is 37.6 Å². The van der Waals surface area contributed by atoms with Crippen molar-refractivity contribution in [1.82, 2.24) is 0 Å². The summed E-state index contributed by atoms with van der Waals surface area (Å²) in [6.07, 6.45) is -5.11. The van der Waals surface area contributed by atoms with Crippen LogP contribution in [0.3, 0.4) is 0 Å². The molecular weight excluding hydrogens is 250 g/mol. The zero-order valence-electron chi connectivity index (χ0n) is 10.0. The highest BCUT2D eigenvalue weighted by molar-refractivity contribution is 5.27. The number of rotatable bonds is 4. The van der Waals surface area contributed by atoms with E-state index in [1.54, 1.807) is 0 Å². The second-order valence-electron chi connectivity index (χ2n) is 4.57. The van der Waals surface area contributed by atoms with E-state index < -0.39 is 29.6 Å². The summed E-state index contributed by atoms with van der Waals surface area (Å²) in [6.45, 7) is 1.44. The van der Waals surface area contributed by atoms with Gasteiger partial charge >= 0.3 is 0 Å². The fourth-order valence-electron chi connectivity index (χ4n) is 1.63. The van der Waals surface area contributed by atoms with Gasteiger partial charge in [0.2, 0.25) is 0 Å². The van der Waals surface area contributed by atoms with Crippen LogP contribution in [0.1, 0.15) is 19.4 Å².